The number of rotatable bonds is 10. The molecule has 1 aromatic rings. The molecule has 1 atom stereocenters. The molecule has 1 aliphatic heterocycles. The van der Waals surface area contributed by atoms with Crippen LogP contribution in [0.15, 0.2) is 23.1 Å². The monoisotopic (exact) mass is 435 g/mol. The number of hydrogen-bond donors (Lipinski definition) is 2. The maximum atomic E-state index is 12.6. The van der Waals surface area contributed by atoms with E-state index in [1.54, 1.807) is 11.0 Å². The molecule has 28 heavy (non-hydrogen) atoms. The van der Waals surface area contributed by atoms with E-state index in [0.29, 0.717) is 37.8 Å². The minimum atomic E-state index is -3.84. The lowest BCUT2D eigenvalue weighted by Crippen LogP contribution is -2.45. The molecule has 10 heteroatoms. The normalized spacial score (nSPS) is 16.5. The molecule has 0 aromatic heterocycles. The van der Waals surface area contributed by atoms with E-state index in [1.165, 1.54) is 12.1 Å². The van der Waals surface area contributed by atoms with E-state index >= 15 is 0 Å². The van der Waals surface area contributed by atoms with Crippen molar-refractivity contribution in [1.29, 1.82) is 0 Å². The average molecular weight is 436 g/mol. The Morgan fingerprint density at radius 1 is 1.21 bits per heavy atom. The summed E-state index contributed by atoms with van der Waals surface area (Å²) in [4.78, 5) is 14.2. The van der Waals surface area contributed by atoms with Crippen LogP contribution in [0.1, 0.15) is 26.7 Å². The van der Waals surface area contributed by atoms with E-state index in [4.69, 9.17) is 9.47 Å². The Morgan fingerprint density at radius 3 is 2.54 bits per heavy atom. The van der Waals surface area contributed by atoms with Crippen LogP contribution < -0.4 is 19.5 Å². The van der Waals surface area contributed by atoms with Crippen LogP contribution in [0, 0.1) is 0 Å². The van der Waals surface area contributed by atoms with E-state index in [9.17, 15) is 13.2 Å². The molecule has 1 fully saturated rings. The minimum absolute atomic E-state index is 0. The van der Waals surface area contributed by atoms with Crippen LogP contribution in [0.2, 0.25) is 0 Å². The largest absolute Gasteiger partial charge is 0.490 e. The highest BCUT2D eigenvalue weighted by Crippen LogP contribution is 2.30. The fraction of sp³-hybridized carbons (Fsp3) is 0.611. The zero-order valence-corrected chi connectivity index (χ0v) is 18.2. The smallest absolute Gasteiger partial charge is 0.241 e. The van der Waals surface area contributed by atoms with E-state index in [-0.39, 0.29) is 35.8 Å². The summed E-state index contributed by atoms with van der Waals surface area (Å²) >= 11 is 0. The van der Waals surface area contributed by atoms with E-state index < -0.39 is 10.0 Å². The molecule has 1 heterocycles. The first kappa shape index (κ1) is 24.5. The molecule has 1 aromatic carbocycles. The number of carbonyl (C=O) groups excluding carboxylic acids is 1. The van der Waals surface area contributed by atoms with Gasteiger partial charge < -0.3 is 19.7 Å². The summed E-state index contributed by atoms with van der Waals surface area (Å²) in [6.45, 7) is 5.58. The molecule has 8 nitrogen and oxygen atoms in total. The predicted octanol–water partition coefficient (Wildman–Crippen LogP) is 1.39. The Hall–Kier alpha value is -1.55. The van der Waals surface area contributed by atoms with Gasteiger partial charge in [-0.05, 0) is 45.9 Å². The minimum Gasteiger partial charge on any atom is -0.490 e. The van der Waals surface area contributed by atoms with Gasteiger partial charge in [-0.2, -0.15) is 0 Å². The SMILES string of the molecule is CCOc1ccc(S(=O)(=O)NCC(=O)N2CCCC2CNC)cc1OCC.Cl. The van der Waals surface area contributed by atoms with Crippen LogP contribution in [0.3, 0.4) is 0 Å². The Labute approximate surface area is 173 Å². The van der Waals surface area contributed by atoms with Gasteiger partial charge in [-0.25, -0.2) is 13.1 Å². The fourth-order valence-corrected chi connectivity index (χ4v) is 4.14. The van der Waals surface area contributed by atoms with Gasteiger partial charge in [-0.15, -0.1) is 12.4 Å². The molecule has 0 spiro atoms. The molecule has 1 saturated heterocycles. The van der Waals surface area contributed by atoms with Crippen LogP contribution in [-0.4, -0.2) is 65.2 Å². The first-order chi connectivity index (χ1) is 12.9. The molecule has 1 unspecified atom stereocenters. The van der Waals surface area contributed by atoms with Crippen LogP contribution in [0.25, 0.3) is 0 Å². The lowest BCUT2D eigenvalue weighted by atomic mass is 10.2. The number of amides is 1. The number of ether oxygens (including phenoxy) is 2. The van der Waals surface area contributed by atoms with E-state index in [0.717, 1.165) is 12.8 Å². The van der Waals surface area contributed by atoms with Crippen molar-refractivity contribution in [3.05, 3.63) is 18.2 Å². The van der Waals surface area contributed by atoms with Crippen LogP contribution >= 0.6 is 12.4 Å². The molecular weight excluding hydrogens is 406 g/mol. The molecule has 0 bridgehead atoms. The number of benzene rings is 1. The van der Waals surface area contributed by atoms with Crippen molar-refractivity contribution < 1.29 is 22.7 Å². The third kappa shape index (κ3) is 6.23. The van der Waals surface area contributed by atoms with Crippen LogP contribution in [-0.2, 0) is 14.8 Å². The van der Waals surface area contributed by atoms with Gasteiger partial charge in [0.1, 0.15) is 0 Å². The number of likely N-dealkylation sites (tertiary alicyclic amines) is 1. The second-order valence-corrected chi connectivity index (χ2v) is 8.01. The van der Waals surface area contributed by atoms with E-state index in [1.807, 2.05) is 20.9 Å². The summed E-state index contributed by atoms with van der Waals surface area (Å²) in [6.07, 6.45) is 1.86. The summed E-state index contributed by atoms with van der Waals surface area (Å²) in [5.74, 6) is 0.635. The number of hydrogen-bond acceptors (Lipinski definition) is 6. The lowest BCUT2D eigenvalue weighted by Gasteiger charge is -2.24. The van der Waals surface area contributed by atoms with Crippen molar-refractivity contribution in [2.75, 3.05) is 39.9 Å². The van der Waals surface area contributed by atoms with Crippen LogP contribution in [0.5, 0.6) is 11.5 Å². The van der Waals surface area contributed by atoms with Crippen molar-refractivity contribution in [1.82, 2.24) is 14.9 Å². The fourth-order valence-electron chi connectivity index (χ4n) is 3.15. The van der Waals surface area contributed by atoms with Crippen molar-refractivity contribution in [2.24, 2.45) is 0 Å². The summed E-state index contributed by atoms with van der Waals surface area (Å²) in [5.41, 5.74) is 0. The van der Waals surface area contributed by atoms with Gasteiger partial charge in [-0.1, -0.05) is 0 Å². The zero-order valence-electron chi connectivity index (χ0n) is 16.6. The third-order valence-corrected chi connectivity index (χ3v) is 5.77. The topological polar surface area (TPSA) is 97.0 Å². The summed E-state index contributed by atoms with van der Waals surface area (Å²) < 4.78 is 38.5. The third-order valence-electron chi connectivity index (χ3n) is 4.38. The van der Waals surface area contributed by atoms with Crippen molar-refractivity contribution >= 4 is 28.3 Å². The molecule has 2 rings (SSSR count). The molecule has 1 amide bonds. The Bertz CT molecular complexity index is 745. The number of halogens is 1. The number of sulfonamides is 1. The highest BCUT2D eigenvalue weighted by atomic mass is 35.5. The van der Waals surface area contributed by atoms with Crippen molar-refractivity contribution in [2.45, 2.75) is 37.6 Å². The maximum absolute atomic E-state index is 12.6. The zero-order chi connectivity index (χ0) is 19.9. The lowest BCUT2D eigenvalue weighted by molar-refractivity contribution is -0.130. The number of nitrogens with one attached hydrogen (secondary N) is 2. The second-order valence-electron chi connectivity index (χ2n) is 6.24. The average Bonchev–Trinajstić information content (AvgIpc) is 3.10. The van der Waals surface area contributed by atoms with Gasteiger partial charge in [0.05, 0.1) is 24.7 Å². The quantitative estimate of drug-likeness (QED) is 0.576. The van der Waals surface area contributed by atoms with Gasteiger partial charge in [0.2, 0.25) is 15.9 Å². The molecule has 1 aliphatic rings. The summed E-state index contributed by atoms with van der Waals surface area (Å²) in [7, 11) is -2.00. The van der Waals surface area contributed by atoms with Gasteiger partial charge in [0, 0.05) is 25.2 Å². The van der Waals surface area contributed by atoms with Gasteiger partial charge in [-0.3, -0.25) is 4.79 Å². The molecule has 0 radical (unpaired) electrons. The number of carbonyl (C=O) groups is 1. The van der Waals surface area contributed by atoms with Gasteiger partial charge in [0.15, 0.2) is 11.5 Å². The van der Waals surface area contributed by atoms with Crippen molar-refractivity contribution in [3.63, 3.8) is 0 Å². The molecule has 160 valence electrons. The molecule has 0 saturated carbocycles. The number of likely N-dealkylation sites (N-methyl/N-ethyl adjacent to an activating group) is 1. The highest BCUT2D eigenvalue weighted by molar-refractivity contribution is 7.89. The van der Waals surface area contributed by atoms with Crippen LogP contribution in [0.4, 0.5) is 0 Å². The Kier molecular flexibility index (Phi) is 10.0. The molecule has 2 N–H and O–H groups in total. The highest BCUT2D eigenvalue weighted by Gasteiger charge is 2.29. The summed E-state index contributed by atoms with van der Waals surface area (Å²) in [6, 6.07) is 4.54. The molecular formula is C18H30ClN3O5S. The Morgan fingerprint density at radius 2 is 1.89 bits per heavy atom. The maximum Gasteiger partial charge on any atom is 0.241 e. The Balaban J connectivity index is 0.00000392. The first-order valence-electron chi connectivity index (χ1n) is 9.26. The predicted molar refractivity (Wildman–Crippen MR) is 110 cm³/mol. The van der Waals surface area contributed by atoms with Gasteiger partial charge >= 0.3 is 0 Å². The molecule has 0 aliphatic carbocycles. The second kappa shape index (κ2) is 11.5. The van der Waals surface area contributed by atoms with Gasteiger partial charge in [0.25, 0.3) is 0 Å². The first-order valence-corrected chi connectivity index (χ1v) is 10.7. The van der Waals surface area contributed by atoms with Crippen molar-refractivity contribution in [3.8, 4) is 11.5 Å². The number of nitrogens with zero attached hydrogens (tertiary/aromatic N) is 1. The summed E-state index contributed by atoms with van der Waals surface area (Å²) in [5, 5.41) is 3.07. The standard InChI is InChI=1S/C18H29N3O5S.ClH/c1-4-25-16-9-8-15(11-17(16)26-5-2)27(23,24)20-13-18(22)21-10-6-7-14(21)12-19-3;/h8-9,11,14,19-20H,4-7,10,12-13H2,1-3H3;1H. The van der Waals surface area contributed by atoms with E-state index in [2.05, 4.69) is 10.0 Å².